The van der Waals surface area contributed by atoms with E-state index in [1.54, 1.807) is 0 Å². The van der Waals surface area contributed by atoms with Crippen LogP contribution in [0.5, 0.6) is 0 Å². The molecule has 22 heavy (non-hydrogen) atoms. The molecule has 0 spiro atoms. The highest BCUT2D eigenvalue weighted by molar-refractivity contribution is 5.69. The van der Waals surface area contributed by atoms with Crippen LogP contribution >= 0.6 is 0 Å². The summed E-state index contributed by atoms with van der Waals surface area (Å²) in [5, 5.41) is 2.60. The van der Waals surface area contributed by atoms with Crippen LogP contribution in [0.3, 0.4) is 0 Å². The van der Waals surface area contributed by atoms with Crippen molar-refractivity contribution in [2.24, 2.45) is 0 Å². The standard InChI is InChI=1S/C15H29NO6/c1-15(2,3)22-14(18)16-8-10-21-12-11-20-9-6-5-7-13(17)19-4/h5-12H2,1-4H3,(H,16,18). The van der Waals surface area contributed by atoms with Gasteiger partial charge in [0.15, 0.2) is 0 Å². The van der Waals surface area contributed by atoms with Crippen LogP contribution in [-0.4, -0.2) is 57.7 Å². The second kappa shape index (κ2) is 12.2. The molecule has 0 aliphatic rings. The first-order valence-electron chi connectivity index (χ1n) is 7.54. The Balaban J connectivity index is 3.24. The molecule has 0 aromatic heterocycles. The zero-order valence-corrected chi connectivity index (χ0v) is 14.1. The Morgan fingerprint density at radius 3 is 2.18 bits per heavy atom. The highest BCUT2D eigenvalue weighted by Gasteiger charge is 2.15. The Bertz CT molecular complexity index is 314. The molecule has 130 valence electrons. The number of amides is 1. The van der Waals surface area contributed by atoms with Crippen LogP contribution in [0.1, 0.15) is 40.0 Å². The molecule has 0 aromatic carbocycles. The van der Waals surface area contributed by atoms with Crippen LogP contribution in [0.25, 0.3) is 0 Å². The Labute approximate surface area is 132 Å². The van der Waals surface area contributed by atoms with Gasteiger partial charge in [0.2, 0.25) is 0 Å². The lowest BCUT2D eigenvalue weighted by atomic mass is 10.2. The number of nitrogens with one attached hydrogen (secondary N) is 1. The highest BCUT2D eigenvalue weighted by Crippen LogP contribution is 2.06. The molecule has 7 nitrogen and oxygen atoms in total. The normalized spacial score (nSPS) is 11.1. The van der Waals surface area contributed by atoms with Gasteiger partial charge in [-0.05, 0) is 33.6 Å². The molecule has 0 saturated heterocycles. The summed E-state index contributed by atoms with van der Waals surface area (Å²) in [5.74, 6) is -0.194. The summed E-state index contributed by atoms with van der Waals surface area (Å²) in [5.41, 5.74) is -0.493. The Morgan fingerprint density at radius 2 is 1.59 bits per heavy atom. The minimum Gasteiger partial charge on any atom is -0.469 e. The lowest BCUT2D eigenvalue weighted by Crippen LogP contribution is -2.34. The van der Waals surface area contributed by atoms with Gasteiger partial charge in [0, 0.05) is 19.6 Å². The van der Waals surface area contributed by atoms with Crippen molar-refractivity contribution in [3.05, 3.63) is 0 Å². The maximum atomic E-state index is 11.3. The van der Waals surface area contributed by atoms with Crippen LogP contribution in [-0.2, 0) is 23.7 Å². The molecule has 0 unspecified atom stereocenters. The topological polar surface area (TPSA) is 83.1 Å². The molecular weight excluding hydrogens is 290 g/mol. The van der Waals surface area contributed by atoms with E-state index < -0.39 is 11.7 Å². The van der Waals surface area contributed by atoms with Crippen molar-refractivity contribution in [3.8, 4) is 0 Å². The number of hydrogen-bond donors (Lipinski definition) is 1. The zero-order valence-electron chi connectivity index (χ0n) is 14.1. The molecule has 0 aliphatic carbocycles. The molecular formula is C15H29NO6. The maximum Gasteiger partial charge on any atom is 0.407 e. The molecule has 0 bridgehead atoms. The van der Waals surface area contributed by atoms with Gasteiger partial charge in [-0.2, -0.15) is 0 Å². The summed E-state index contributed by atoms with van der Waals surface area (Å²) in [6.45, 7) is 7.79. The molecule has 0 radical (unpaired) electrons. The second-order valence-electron chi connectivity index (χ2n) is 5.69. The van der Waals surface area contributed by atoms with E-state index in [0.717, 1.165) is 12.8 Å². The third-order valence-corrected chi connectivity index (χ3v) is 2.43. The summed E-state index contributed by atoms with van der Waals surface area (Å²) in [6.07, 6.45) is 1.55. The predicted molar refractivity (Wildman–Crippen MR) is 81.7 cm³/mol. The number of ether oxygens (including phenoxy) is 4. The number of methoxy groups -OCH3 is 1. The van der Waals surface area contributed by atoms with Crippen molar-refractivity contribution in [1.82, 2.24) is 5.32 Å². The predicted octanol–water partition coefficient (Wildman–Crippen LogP) is 1.89. The smallest absolute Gasteiger partial charge is 0.407 e. The van der Waals surface area contributed by atoms with Gasteiger partial charge in [-0.1, -0.05) is 0 Å². The summed E-state index contributed by atoms with van der Waals surface area (Å²) >= 11 is 0. The highest BCUT2D eigenvalue weighted by atomic mass is 16.6. The summed E-state index contributed by atoms with van der Waals surface area (Å²) in [6, 6.07) is 0. The molecule has 0 fully saturated rings. The third kappa shape index (κ3) is 15.1. The molecule has 1 amide bonds. The fourth-order valence-corrected chi connectivity index (χ4v) is 1.44. The molecule has 0 saturated carbocycles. The average molecular weight is 319 g/mol. The Morgan fingerprint density at radius 1 is 0.955 bits per heavy atom. The van der Waals surface area contributed by atoms with Gasteiger partial charge in [0.25, 0.3) is 0 Å². The first-order valence-corrected chi connectivity index (χ1v) is 7.54. The molecule has 0 rings (SSSR count). The summed E-state index contributed by atoms with van der Waals surface area (Å²) in [7, 11) is 1.38. The quantitative estimate of drug-likeness (QED) is 0.462. The van der Waals surface area contributed by atoms with E-state index in [2.05, 4.69) is 10.1 Å². The average Bonchev–Trinajstić information content (AvgIpc) is 2.42. The molecule has 1 N–H and O–H groups in total. The van der Waals surface area contributed by atoms with E-state index in [1.807, 2.05) is 20.8 Å². The molecule has 0 aromatic rings. The number of alkyl carbamates (subject to hydrolysis) is 1. The van der Waals surface area contributed by atoms with Crippen molar-refractivity contribution >= 4 is 12.1 Å². The Kier molecular flexibility index (Phi) is 11.5. The number of rotatable bonds is 11. The first-order chi connectivity index (χ1) is 10.3. The molecule has 7 heteroatoms. The van der Waals surface area contributed by atoms with E-state index in [1.165, 1.54) is 7.11 Å². The van der Waals surface area contributed by atoms with Crippen molar-refractivity contribution < 1.29 is 28.5 Å². The van der Waals surface area contributed by atoms with Crippen molar-refractivity contribution in [3.63, 3.8) is 0 Å². The number of hydrogen-bond acceptors (Lipinski definition) is 6. The fraction of sp³-hybridized carbons (Fsp3) is 0.867. The van der Waals surface area contributed by atoms with Gasteiger partial charge in [0.05, 0.1) is 26.9 Å². The lowest BCUT2D eigenvalue weighted by molar-refractivity contribution is -0.140. The van der Waals surface area contributed by atoms with Gasteiger partial charge in [0.1, 0.15) is 5.60 Å². The van der Waals surface area contributed by atoms with Crippen molar-refractivity contribution in [2.75, 3.05) is 40.1 Å². The van der Waals surface area contributed by atoms with Gasteiger partial charge in [-0.25, -0.2) is 4.79 Å². The summed E-state index contributed by atoms with van der Waals surface area (Å²) in [4.78, 5) is 22.2. The third-order valence-electron chi connectivity index (χ3n) is 2.43. The monoisotopic (exact) mass is 319 g/mol. The molecule has 0 aliphatic heterocycles. The SMILES string of the molecule is COC(=O)CCCCOCCOCCNC(=O)OC(C)(C)C. The minimum atomic E-state index is -0.493. The van der Waals surface area contributed by atoms with E-state index in [4.69, 9.17) is 14.2 Å². The van der Waals surface area contributed by atoms with Crippen LogP contribution in [0.4, 0.5) is 4.79 Å². The second-order valence-corrected chi connectivity index (χ2v) is 5.69. The number of carbonyl (C=O) groups excluding carboxylic acids is 2. The Hall–Kier alpha value is -1.34. The molecule has 0 heterocycles. The number of carbonyl (C=O) groups is 2. The van der Waals surface area contributed by atoms with Crippen molar-refractivity contribution in [2.45, 2.75) is 45.6 Å². The van der Waals surface area contributed by atoms with Gasteiger partial charge in [-0.3, -0.25) is 4.79 Å². The zero-order chi connectivity index (χ0) is 16.8. The van der Waals surface area contributed by atoms with Gasteiger partial charge >= 0.3 is 12.1 Å². The molecule has 0 atom stereocenters. The number of unbranched alkanes of at least 4 members (excludes halogenated alkanes) is 1. The first kappa shape index (κ1) is 20.7. The van der Waals surface area contributed by atoms with Crippen LogP contribution in [0, 0.1) is 0 Å². The summed E-state index contributed by atoms with van der Waals surface area (Å²) < 4.78 is 20.3. The van der Waals surface area contributed by atoms with E-state index in [9.17, 15) is 9.59 Å². The van der Waals surface area contributed by atoms with Crippen LogP contribution in [0.2, 0.25) is 0 Å². The minimum absolute atomic E-state index is 0.194. The van der Waals surface area contributed by atoms with Crippen molar-refractivity contribution in [1.29, 1.82) is 0 Å². The van der Waals surface area contributed by atoms with Gasteiger partial charge in [-0.15, -0.1) is 0 Å². The fourth-order valence-electron chi connectivity index (χ4n) is 1.44. The van der Waals surface area contributed by atoms with E-state index in [0.29, 0.717) is 39.4 Å². The van der Waals surface area contributed by atoms with E-state index >= 15 is 0 Å². The van der Waals surface area contributed by atoms with Crippen LogP contribution < -0.4 is 5.32 Å². The van der Waals surface area contributed by atoms with Crippen LogP contribution in [0.15, 0.2) is 0 Å². The van der Waals surface area contributed by atoms with E-state index in [-0.39, 0.29) is 5.97 Å². The number of esters is 1. The van der Waals surface area contributed by atoms with Gasteiger partial charge < -0.3 is 24.3 Å². The largest absolute Gasteiger partial charge is 0.469 e. The maximum absolute atomic E-state index is 11.3. The lowest BCUT2D eigenvalue weighted by Gasteiger charge is -2.19.